The monoisotopic (exact) mass is 329 g/mol. The molecule has 21 heavy (non-hydrogen) atoms. The van der Waals surface area contributed by atoms with Gasteiger partial charge >= 0.3 is 0 Å². The van der Waals surface area contributed by atoms with Gasteiger partial charge < -0.3 is 4.74 Å². The predicted octanol–water partition coefficient (Wildman–Crippen LogP) is 2.69. The molecule has 0 aromatic carbocycles. The second kappa shape index (κ2) is 7.25. The van der Waals surface area contributed by atoms with Crippen molar-refractivity contribution < 1.29 is 4.74 Å². The van der Waals surface area contributed by atoms with Crippen molar-refractivity contribution in [2.45, 2.75) is 25.4 Å². The van der Waals surface area contributed by atoms with Crippen molar-refractivity contribution in [3.8, 4) is 0 Å². The van der Waals surface area contributed by atoms with Gasteiger partial charge in [0.2, 0.25) is 0 Å². The molecule has 0 amide bonds. The minimum atomic E-state index is 0.661. The van der Waals surface area contributed by atoms with E-state index in [1.807, 2.05) is 0 Å². The van der Waals surface area contributed by atoms with E-state index < -0.39 is 0 Å². The van der Waals surface area contributed by atoms with Crippen molar-refractivity contribution in [3.63, 3.8) is 0 Å². The molecule has 4 nitrogen and oxygen atoms in total. The summed E-state index contributed by atoms with van der Waals surface area (Å²) < 4.78 is 5.44. The third kappa shape index (κ3) is 3.88. The van der Waals surface area contributed by atoms with Gasteiger partial charge in [-0.25, -0.2) is 0 Å². The largest absolute Gasteiger partial charge is 0.381 e. The first-order valence-electron chi connectivity index (χ1n) is 7.56. The van der Waals surface area contributed by atoms with Crippen LogP contribution in [-0.4, -0.2) is 60.2 Å². The van der Waals surface area contributed by atoms with E-state index in [1.165, 1.54) is 12.8 Å². The summed E-state index contributed by atoms with van der Waals surface area (Å²) in [7, 11) is 0. The maximum atomic E-state index is 6.20. The molecule has 0 radical (unpaired) electrons. The Kier molecular flexibility index (Phi) is 5.35. The Bertz CT molecular complexity index is 452. The van der Waals surface area contributed by atoms with Crippen molar-refractivity contribution in [2.75, 3.05) is 39.4 Å². The standard InChI is InChI=1S/C15H21Cl2N3O/c16-14-9-18-10-15(17)13(14)11-19-3-5-20(6-4-19)12-1-7-21-8-2-12/h9-10,12H,1-8,11H2. The third-order valence-corrected chi connectivity index (χ3v) is 5.10. The van der Waals surface area contributed by atoms with E-state index >= 15 is 0 Å². The molecule has 0 unspecified atom stereocenters. The normalized spacial score (nSPS) is 22.6. The molecule has 2 aliphatic rings. The number of rotatable bonds is 3. The second-order valence-corrected chi connectivity index (χ2v) is 6.55. The van der Waals surface area contributed by atoms with Crippen LogP contribution in [0, 0.1) is 0 Å². The Hall–Kier alpha value is -0.390. The van der Waals surface area contributed by atoms with Gasteiger partial charge in [0.25, 0.3) is 0 Å². The second-order valence-electron chi connectivity index (χ2n) is 5.74. The predicted molar refractivity (Wildman–Crippen MR) is 84.9 cm³/mol. The van der Waals surface area contributed by atoms with Crippen molar-refractivity contribution in [3.05, 3.63) is 28.0 Å². The van der Waals surface area contributed by atoms with Gasteiger partial charge in [0.15, 0.2) is 0 Å². The van der Waals surface area contributed by atoms with Crippen LogP contribution in [0.25, 0.3) is 0 Å². The summed E-state index contributed by atoms with van der Waals surface area (Å²) in [5, 5.41) is 1.32. The van der Waals surface area contributed by atoms with Crippen molar-refractivity contribution in [1.29, 1.82) is 0 Å². The zero-order valence-corrected chi connectivity index (χ0v) is 13.6. The Morgan fingerprint density at radius 2 is 1.67 bits per heavy atom. The maximum Gasteiger partial charge on any atom is 0.0649 e. The van der Waals surface area contributed by atoms with E-state index in [0.717, 1.165) is 51.5 Å². The van der Waals surface area contributed by atoms with Gasteiger partial charge in [-0.3, -0.25) is 14.8 Å². The molecule has 2 aliphatic heterocycles. The molecule has 1 aromatic heterocycles. The van der Waals surface area contributed by atoms with Gasteiger partial charge in [0.05, 0.1) is 10.0 Å². The molecule has 1 aromatic rings. The van der Waals surface area contributed by atoms with E-state index in [-0.39, 0.29) is 0 Å². The average molecular weight is 330 g/mol. The Balaban J connectivity index is 1.54. The molecule has 2 fully saturated rings. The molecule has 3 rings (SSSR count). The lowest BCUT2D eigenvalue weighted by atomic mass is 10.1. The van der Waals surface area contributed by atoms with Gasteiger partial charge in [-0.1, -0.05) is 23.2 Å². The molecule has 3 heterocycles. The average Bonchev–Trinajstić information content (AvgIpc) is 2.53. The quantitative estimate of drug-likeness (QED) is 0.852. The van der Waals surface area contributed by atoms with Crippen LogP contribution in [-0.2, 0) is 11.3 Å². The zero-order chi connectivity index (χ0) is 14.7. The maximum absolute atomic E-state index is 6.20. The van der Waals surface area contributed by atoms with Crippen LogP contribution < -0.4 is 0 Å². The fourth-order valence-corrected chi connectivity index (χ4v) is 3.63. The minimum absolute atomic E-state index is 0.661. The van der Waals surface area contributed by atoms with Crippen LogP contribution in [0.2, 0.25) is 10.0 Å². The number of nitrogens with zero attached hydrogens (tertiary/aromatic N) is 3. The fourth-order valence-electron chi connectivity index (χ4n) is 3.15. The van der Waals surface area contributed by atoms with Crippen molar-refractivity contribution >= 4 is 23.2 Å². The van der Waals surface area contributed by atoms with E-state index in [0.29, 0.717) is 16.1 Å². The van der Waals surface area contributed by atoms with Gasteiger partial charge in [-0.05, 0) is 12.8 Å². The lowest BCUT2D eigenvalue weighted by Crippen LogP contribution is -2.51. The SMILES string of the molecule is Clc1cncc(Cl)c1CN1CCN(C2CCOCC2)CC1. The molecule has 0 saturated carbocycles. The molecule has 0 bridgehead atoms. The van der Waals surface area contributed by atoms with Crippen LogP contribution >= 0.6 is 23.2 Å². The Morgan fingerprint density at radius 1 is 1.05 bits per heavy atom. The molecular formula is C15H21Cl2N3O. The highest BCUT2D eigenvalue weighted by Gasteiger charge is 2.25. The topological polar surface area (TPSA) is 28.6 Å². The van der Waals surface area contributed by atoms with Crippen LogP contribution in [0.3, 0.4) is 0 Å². The van der Waals surface area contributed by atoms with Gasteiger partial charge in [-0.15, -0.1) is 0 Å². The molecular weight excluding hydrogens is 309 g/mol. The number of piperazine rings is 1. The molecule has 0 spiro atoms. The van der Waals surface area contributed by atoms with Gasteiger partial charge in [0.1, 0.15) is 0 Å². The number of pyridine rings is 1. The Labute approximate surface area is 136 Å². The van der Waals surface area contributed by atoms with Crippen LogP contribution in [0.5, 0.6) is 0 Å². The summed E-state index contributed by atoms with van der Waals surface area (Å²) in [5.74, 6) is 0. The lowest BCUT2D eigenvalue weighted by Gasteiger charge is -2.40. The first kappa shape index (κ1) is 15.5. The number of aromatic nitrogens is 1. The van der Waals surface area contributed by atoms with Gasteiger partial charge in [-0.2, -0.15) is 0 Å². The summed E-state index contributed by atoms with van der Waals surface area (Å²) in [6.07, 6.45) is 5.67. The molecule has 2 saturated heterocycles. The van der Waals surface area contributed by atoms with E-state index in [2.05, 4.69) is 14.8 Å². The summed E-state index contributed by atoms with van der Waals surface area (Å²) in [4.78, 5) is 9.03. The van der Waals surface area contributed by atoms with Crippen LogP contribution in [0.15, 0.2) is 12.4 Å². The number of halogens is 2. The minimum Gasteiger partial charge on any atom is -0.381 e. The number of hydrogen-bond donors (Lipinski definition) is 0. The molecule has 6 heteroatoms. The lowest BCUT2D eigenvalue weighted by molar-refractivity contribution is 0.0126. The van der Waals surface area contributed by atoms with E-state index in [4.69, 9.17) is 27.9 Å². The van der Waals surface area contributed by atoms with E-state index in [9.17, 15) is 0 Å². The third-order valence-electron chi connectivity index (χ3n) is 4.45. The number of ether oxygens (including phenoxy) is 1. The van der Waals surface area contributed by atoms with E-state index in [1.54, 1.807) is 12.4 Å². The summed E-state index contributed by atoms with van der Waals surface area (Å²) in [6.45, 7) is 6.98. The van der Waals surface area contributed by atoms with Crippen molar-refractivity contribution in [2.24, 2.45) is 0 Å². The molecule has 0 aliphatic carbocycles. The summed E-state index contributed by atoms with van der Waals surface area (Å²) in [6, 6.07) is 0.703. The zero-order valence-electron chi connectivity index (χ0n) is 12.1. The highest BCUT2D eigenvalue weighted by atomic mass is 35.5. The first-order chi connectivity index (χ1) is 10.2. The summed E-state index contributed by atoms with van der Waals surface area (Å²) >= 11 is 12.4. The van der Waals surface area contributed by atoms with Crippen LogP contribution in [0.4, 0.5) is 0 Å². The summed E-state index contributed by atoms with van der Waals surface area (Å²) in [5.41, 5.74) is 0.993. The first-order valence-corrected chi connectivity index (χ1v) is 8.31. The molecule has 116 valence electrons. The Morgan fingerprint density at radius 3 is 2.29 bits per heavy atom. The highest BCUT2D eigenvalue weighted by Crippen LogP contribution is 2.25. The van der Waals surface area contributed by atoms with Crippen LogP contribution in [0.1, 0.15) is 18.4 Å². The highest BCUT2D eigenvalue weighted by molar-refractivity contribution is 6.35. The molecule has 0 atom stereocenters. The van der Waals surface area contributed by atoms with Crippen molar-refractivity contribution in [1.82, 2.24) is 14.8 Å². The molecule has 0 N–H and O–H groups in total. The number of hydrogen-bond acceptors (Lipinski definition) is 4. The smallest absolute Gasteiger partial charge is 0.0649 e. The fraction of sp³-hybridized carbons (Fsp3) is 0.667. The van der Waals surface area contributed by atoms with Gasteiger partial charge in [0, 0.05) is 69.9 Å².